The van der Waals surface area contributed by atoms with Crippen molar-refractivity contribution in [3.63, 3.8) is 0 Å². The van der Waals surface area contributed by atoms with Gasteiger partial charge in [0.1, 0.15) is 12.4 Å². The first-order valence-corrected chi connectivity index (χ1v) is 8.48. The molecule has 2 aromatic rings. The predicted molar refractivity (Wildman–Crippen MR) is 93.2 cm³/mol. The maximum absolute atomic E-state index is 11.4. The quantitative estimate of drug-likeness (QED) is 0.746. The molecule has 2 aromatic carbocycles. The zero-order valence-corrected chi connectivity index (χ0v) is 13.9. The Labute approximate surface area is 147 Å². The van der Waals surface area contributed by atoms with Crippen molar-refractivity contribution in [3.05, 3.63) is 65.7 Å². The smallest absolute Gasteiger partial charge is 0.414 e. The lowest BCUT2D eigenvalue weighted by Gasteiger charge is -2.08. The van der Waals surface area contributed by atoms with Crippen LogP contribution in [0.3, 0.4) is 0 Å². The topological polar surface area (TPSA) is 64.6 Å². The van der Waals surface area contributed by atoms with Crippen LogP contribution in [0.1, 0.15) is 30.4 Å². The van der Waals surface area contributed by atoms with Crippen molar-refractivity contribution >= 4 is 12.0 Å². The Morgan fingerprint density at radius 1 is 0.920 bits per heavy atom. The van der Waals surface area contributed by atoms with Crippen molar-refractivity contribution in [2.75, 3.05) is 0 Å². The highest BCUT2D eigenvalue weighted by molar-refractivity contribution is 5.99. The number of carbonyl (C=O) groups excluding carboxylic acids is 2. The molecule has 25 heavy (non-hydrogen) atoms. The molecule has 0 bridgehead atoms. The normalized spacial score (nSPS) is 16.4. The Morgan fingerprint density at radius 3 is 2.36 bits per heavy atom. The third-order valence-electron chi connectivity index (χ3n) is 4.12. The Bertz CT molecular complexity index is 712. The molecule has 3 rings (SSSR count). The minimum Gasteiger partial charge on any atom is -0.489 e. The molecule has 0 aliphatic carbocycles. The van der Waals surface area contributed by atoms with E-state index >= 15 is 0 Å². The molecule has 0 spiro atoms. The highest BCUT2D eigenvalue weighted by atomic mass is 16.6. The Morgan fingerprint density at radius 2 is 1.68 bits per heavy atom. The maximum Gasteiger partial charge on any atom is 0.414 e. The monoisotopic (exact) mass is 339 g/mol. The van der Waals surface area contributed by atoms with Crippen molar-refractivity contribution in [2.24, 2.45) is 0 Å². The van der Waals surface area contributed by atoms with E-state index in [1.54, 1.807) is 0 Å². The summed E-state index contributed by atoms with van der Waals surface area (Å²) in [6.45, 7) is 0.558. The number of unbranched alkanes of at least 4 members (excludes halogenated alkanes) is 1. The van der Waals surface area contributed by atoms with E-state index in [1.165, 1.54) is 5.56 Å². The van der Waals surface area contributed by atoms with E-state index in [4.69, 9.17) is 9.47 Å². The molecule has 1 aliphatic rings. The first kappa shape index (κ1) is 17.0. The average molecular weight is 339 g/mol. The number of hydrogen-bond acceptors (Lipinski definition) is 4. The molecule has 1 fully saturated rings. The number of benzene rings is 2. The van der Waals surface area contributed by atoms with Crippen molar-refractivity contribution in [2.45, 2.75) is 38.4 Å². The summed E-state index contributed by atoms with van der Waals surface area (Å²) in [5.41, 5.74) is 2.36. The number of amides is 2. The molecule has 5 heteroatoms. The van der Waals surface area contributed by atoms with Crippen LogP contribution >= 0.6 is 0 Å². The third kappa shape index (κ3) is 5.08. The van der Waals surface area contributed by atoms with Gasteiger partial charge in [0.15, 0.2) is 6.10 Å². The molecule has 1 heterocycles. The van der Waals surface area contributed by atoms with Gasteiger partial charge in [0.2, 0.25) is 0 Å². The molecule has 1 aliphatic heterocycles. The molecule has 1 atom stereocenters. The number of alkyl carbamates (subject to hydrolysis) is 1. The maximum atomic E-state index is 11.4. The van der Waals surface area contributed by atoms with Gasteiger partial charge in [-0.05, 0) is 48.9 Å². The molecule has 5 nitrogen and oxygen atoms in total. The minimum atomic E-state index is -0.638. The number of hydrogen-bond donors (Lipinski definition) is 1. The van der Waals surface area contributed by atoms with E-state index in [0.717, 1.165) is 30.6 Å². The number of rotatable bonds is 8. The van der Waals surface area contributed by atoms with Gasteiger partial charge < -0.3 is 9.47 Å². The highest BCUT2D eigenvalue weighted by Crippen LogP contribution is 2.17. The van der Waals surface area contributed by atoms with E-state index in [9.17, 15) is 9.59 Å². The summed E-state index contributed by atoms with van der Waals surface area (Å²) in [5, 5.41) is 2.14. The van der Waals surface area contributed by atoms with E-state index in [-0.39, 0.29) is 5.91 Å². The van der Waals surface area contributed by atoms with Crippen LogP contribution in [0.25, 0.3) is 0 Å². The van der Waals surface area contributed by atoms with Gasteiger partial charge in [0, 0.05) is 0 Å². The zero-order chi connectivity index (χ0) is 17.5. The fourth-order valence-electron chi connectivity index (χ4n) is 2.74. The van der Waals surface area contributed by atoms with E-state index in [1.807, 2.05) is 42.5 Å². The van der Waals surface area contributed by atoms with Crippen LogP contribution in [0.5, 0.6) is 5.75 Å². The van der Waals surface area contributed by atoms with Crippen molar-refractivity contribution in [3.8, 4) is 5.75 Å². The lowest BCUT2D eigenvalue weighted by molar-refractivity contribution is -0.123. The molecule has 1 saturated heterocycles. The first-order valence-electron chi connectivity index (χ1n) is 8.48. The number of imide groups is 1. The number of carbonyl (C=O) groups is 2. The van der Waals surface area contributed by atoms with Gasteiger partial charge in [0.05, 0.1) is 0 Å². The summed E-state index contributed by atoms with van der Waals surface area (Å²) >= 11 is 0. The summed E-state index contributed by atoms with van der Waals surface area (Å²) in [6.07, 6.45) is 1.99. The second-order valence-electron chi connectivity index (χ2n) is 6.05. The number of cyclic esters (lactones) is 1. The first-order chi connectivity index (χ1) is 12.2. The second kappa shape index (κ2) is 8.33. The molecule has 1 unspecified atom stereocenters. The number of ether oxygens (including phenoxy) is 2. The standard InChI is InChI=1S/C20H21NO4/c22-19-18(25-20(23)21-19)9-5-4-6-15-10-12-17(13-11-15)24-14-16-7-2-1-3-8-16/h1-3,7-8,10-13,18H,4-6,9,14H2,(H,21,22,23). The lowest BCUT2D eigenvalue weighted by Crippen LogP contribution is -2.24. The summed E-state index contributed by atoms with van der Waals surface area (Å²) in [6, 6.07) is 18.1. The van der Waals surface area contributed by atoms with Crippen LogP contribution in [-0.4, -0.2) is 18.1 Å². The summed E-state index contributed by atoms with van der Waals surface area (Å²) in [5.74, 6) is 0.520. The lowest BCUT2D eigenvalue weighted by atomic mass is 10.0. The summed E-state index contributed by atoms with van der Waals surface area (Å²) < 4.78 is 10.7. The van der Waals surface area contributed by atoms with Gasteiger partial charge in [-0.2, -0.15) is 0 Å². The summed E-state index contributed by atoms with van der Waals surface area (Å²) in [4.78, 5) is 22.3. The Balaban J connectivity index is 1.37. The van der Waals surface area contributed by atoms with Crippen LogP contribution in [0.4, 0.5) is 4.79 Å². The fraction of sp³-hybridized carbons (Fsp3) is 0.300. The Hall–Kier alpha value is -2.82. The van der Waals surface area contributed by atoms with Gasteiger partial charge in [-0.25, -0.2) is 4.79 Å². The van der Waals surface area contributed by atoms with Crippen LogP contribution in [-0.2, 0) is 22.6 Å². The van der Waals surface area contributed by atoms with Crippen LogP contribution < -0.4 is 10.1 Å². The third-order valence-corrected chi connectivity index (χ3v) is 4.12. The van der Waals surface area contributed by atoms with Crippen molar-refractivity contribution < 1.29 is 19.1 Å². The predicted octanol–water partition coefficient (Wildman–Crippen LogP) is 3.61. The molecule has 0 radical (unpaired) electrons. The molecule has 1 N–H and O–H groups in total. The highest BCUT2D eigenvalue weighted by Gasteiger charge is 2.31. The van der Waals surface area contributed by atoms with Gasteiger partial charge in [0.25, 0.3) is 5.91 Å². The molecule has 130 valence electrons. The van der Waals surface area contributed by atoms with Gasteiger partial charge in [-0.15, -0.1) is 0 Å². The SMILES string of the molecule is O=C1NC(=O)C(CCCCc2ccc(OCc3ccccc3)cc2)O1. The largest absolute Gasteiger partial charge is 0.489 e. The van der Waals surface area contributed by atoms with Gasteiger partial charge in [-0.1, -0.05) is 42.5 Å². The average Bonchev–Trinajstić information content (AvgIpc) is 2.96. The van der Waals surface area contributed by atoms with Gasteiger partial charge >= 0.3 is 6.09 Å². The fourth-order valence-corrected chi connectivity index (χ4v) is 2.74. The van der Waals surface area contributed by atoms with Crippen LogP contribution in [0.15, 0.2) is 54.6 Å². The molecular formula is C20H21NO4. The Kier molecular flexibility index (Phi) is 5.67. The molecule has 0 saturated carbocycles. The van der Waals surface area contributed by atoms with E-state index in [2.05, 4.69) is 17.4 Å². The van der Waals surface area contributed by atoms with E-state index < -0.39 is 12.2 Å². The van der Waals surface area contributed by atoms with Crippen molar-refractivity contribution in [1.82, 2.24) is 5.32 Å². The van der Waals surface area contributed by atoms with Gasteiger partial charge in [-0.3, -0.25) is 10.1 Å². The summed E-state index contributed by atoms with van der Waals surface area (Å²) in [7, 11) is 0. The van der Waals surface area contributed by atoms with Crippen molar-refractivity contribution in [1.29, 1.82) is 0 Å². The second-order valence-corrected chi connectivity index (χ2v) is 6.05. The van der Waals surface area contributed by atoms with Crippen LogP contribution in [0.2, 0.25) is 0 Å². The van der Waals surface area contributed by atoms with E-state index in [0.29, 0.717) is 13.0 Å². The molecule has 0 aromatic heterocycles. The molecular weight excluding hydrogens is 318 g/mol. The van der Waals surface area contributed by atoms with Crippen LogP contribution in [0, 0.1) is 0 Å². The minimum absolute atomic E-state index is 0.329. The zero-order valence-electron chi connectivity index (χ0n) is 13.9. The number of aryl methyl sites for hydroxylation is 1. The number of nitrogens with one attached hydrogen (secondary N) is 1. The molecule has 2 amide bonds.